The summed E-state index contributed by atoms with van der Waals surface area (Å²) in [5, 5.41) is 40.3. The van der Waals surface area contributed by atoms with Crippen LogP contribution in [0.5, 0.6) is 0 Å². The molecule has 4 aromatic rings. The third kappa shape index (κ3) is 4.76. The lowest BCUT2D eigenvalue weighted by atomic mass is 10.1. The Bertz CT molecular complexity index is 1710. The van der Waals surface area contributed by atoms with E-state index in [4.69, 9.17) is 9.47 Å². The molecule has 1 amide bonds. The maximum atomic E-state index is 13.5. The number of carbonyl (C=O) groups excluding carboxylic acids is 1. The van der Waals surface area contributed by atoms with E-state index in [2.05, 4.69) is 30.5 Å². The number of aromatic amines is 1. The van der Waals surface area contributed by atoms with Gasteiger partial charge in [0, 0.05) is 6.61 Å². The van der Waals surface area contributed by atoms with Gasteiger partial charge in [0.2, 0.25) is 6.41 Å². The summed E-state index contributed by atoms with van der Waals surface area (Å²) in [6.45, 7) is 0.369. The number of halogens is 1. The van der Waals surface area contributed by atoms with E-state index in [-0.39, 0.29) is 51.5 Å². The number of aliphatic hydroxyl groups is 3. The van der Waals surface area contributed by atoms with E-state index in [0.29, 0.717) is 23.9 Å². The van der Waals surface area contributed by atoms with Crippen molar-refractivity contribution in [1.29, 1.82) is 0 Å². The van der Waals surface area contributed by atoms with Crippen LogP contribution in [0.4, 0.5) is 15.9 Å². The number of carbonyl (C=O) groups is 1. The molecule has 16 nitrogen and oxygen atoms in total. The molecule has 2 aliphatic heterocycles. The van der Waals surface area contributed by atoms with E-state index in [1.54, 1.807) is 0 Å². The van der Waals surface area contributed by atoms with Gasteiger partial charge in [0.25, 0.3) is 10.0 Å². The number of benzene rings is 1. The van der Waals surface area contributed by atoms with Crippen molar-refractivity contribution in [3.63, 3.8) is 0 Å². The summed E-state index contributed by atoms with van der Waals surface area (Å²) in [5.74, 6) is -0.530. The summed E-state index contributed by atoms with van der Waals surface area (Å²) >= 11 is 0. The third-order valence-corrected chi connectivity index (χ3v) is 8.70. The topological polar surface area (TPSA) is 218 Å². The molecule has 3 unspecified atom stereocenters. The second-order valence-corrected chi connectivity index (χ2v) is 11.5. The lowest BCUT2D eigenvalue weighted by Crippen LogP contribution is -2.33. The first-order chi connectivity index (χ1) is 20.2. The molecular weight excluding hydrogens is 579 g/mol. The zero-order valence-electron chi connectivity index (χ0n) is 21.6. The fourth-order valence-corrected chi connectivity index (χ4v) is 6.06. The SMILES string of the molecule is O=CN(c1cn[nH]c1-c1nc(NC2CCOC2)c2ncn([C@@H]3O[C@H](CO)C(O)C3O)c2n1)S(=O)(=O)c1ccc(F)cc1. The molecule has 0 aliphatic carbocycles. The number of aromatic nitrogens is 6. The van der Waals surface area contributed by atoms with Crippen LogP contribution in [0.3, 0.4) is 0 Å². The highest BCUT2D eigenvalue weighted by molar-refractivity contribution is 7.93. The number of amides is 1. The first-order valence-electron chi connectivity index (χ1n) is 12.7. The molecule has 5 heterocycles. The van der Waals surface area contributed by atoms with Gasteiger partial charge in [0.15, 0.2) is 29.0 Å². The summed E-state index contributed by atoms with van der Waals surface area (Å²) < 4.78 is 53.0. The van der Waals surface area contributed by atoms with Crippen LogP contribution in [0.2, 0.25) is 0 Å². The van der Waals surface area contributed by atoms with Crippen LogP contribution in [0.1, 0.15) is 12.6 Å². The predicted octanol–water partition coefficient (Wildman–Crippen LogP) is -0.480. The number of nitrogens with zero attached hydrogens (tertiary/aromatic N) is 6. The van der Waals surface area contributed by atoms with Crippen molar-refractivity contribution in [2.45, 2.75) is 41.9 Å². The van der Waals surface area contributed by atoms with Crippen molar-refractivity contribution < 1.29 is 42.4 Å². The fourth-order valence-electron chi connectivity index (χ4n) is 4.84. The number of nitrogens with one attached hydrogen (secondary N) is 2. The van der Waals surface area contributed by atoms with E-state index in [1.807, 2.05) is 0 Å². The van der Waals surface area contributed by atoms with Gasteiger partial charge in [0.1, 0.15) is 35.5 Å². The minimum atomic E-state index is -4.50. The van der Waals surface area contributed by atoms with Gasteiger partial charge in [-0.25, -0.2) is 32.1 Å². The maximum Gasteiger partial charge on any atom is 0.270 e. The van der Waals surface area contributed by atoms with Gasteiger partial charge >= 0.3 is 0 Å². The van der Waals surface area contributed by atoms with Crippen LogP contribution in [0.25, 0.3) is 22.7 Å². The Labute approximate surface area is 236 Å². The van der Waals surface area contributed by atoms with Crippen molar-refractivity contribution in [3.8, 4) is 11.5 Å². The molecule has 222 valence electrons. The number of anilines is 2. The standard InChI is InChI=1S/C24H25FN8O8S/c25-12-1-3-14(4-2-12)42(38,39)33(11-35)15-7-27-31-17(15)21-29-22(28-13-5-6-40-9-13)18-23(30-21)32(10-26-18)24-20(37)19(36)16(8-34)41-24/h1-4,7,10-11,13,16,19-20,24,34,36-37H,5-6,8-9H2,(H,27,31)(H,28,29,30)/t13?,16-,19?,20?,24-/m1/s1. The molecule has 42 heavy (non-hydrogen) atoms. The highest BCUT2D eigenvalue weighted by Gasteiger charge is 2.44. The molecule has 0 saturated carbocycles. The summed E-state index contributed by atoms with van der Waals surface area (Å²) in [4.78, 5) is 25.3. The number of H-pyrrole nitrogens is 1. The zero-order chi connectivity index (χ0) is 29.6. The number of hydrogen-bond donors (Lipinski definition) is 5. The molecule has 5 N–H and O–H groups in total. The summed E-state index contributed by atoms with van der Waals surface area (Å²) in [5.41, 5.74) is 0.101. The summed E-state index contributed by atoms with van der Waals surface area (Å²) in [6, 6.07) is 3.81. The van der Waals surface area contributed by atoms with Crippen molar-refractivity contribution in [2.24, 2.45) is 0 Å². The van der Waals surface area contributed by atoms with E-state index in [1.165, 1.54) is 10.9 Å². The van der Waals surface area contributed by atoms with Crippen LogP contribution in [-0.2, 0) is 24.3 Å². The molecule has 2 aliphatic rings. The van der Waals surface area contributed by atoms with Crippen LogP contribution in [0.15, 0.2) is 41.7 Å². The van der Waals surface area contributed by atoms with Crippen molar-refractivity contribution in [2.75, 3.05) is 29.4 Å². The van der Waals surface area contributed by atoms with Crippen LogP contribution in [0, 0.1) is 5.82 Å². The average Bonchev–Trinajstić information content (AvgIpc) is 3.78. The van der Waals surface area contributed by atoms with Gasteiger partial charge in [-0.05, 0) is 30.7 Å². The number of hydrogen-bond acceptors (Lipinski definition) is 13. The molecule has 0 bridgehead atoms. The van der Waals surface area contributed by atoms with Gasteiger partial charge in [0.05, 0.1) is 36.7 Å². The van der Waals surface area contributed by atoms with E-state index in [9.17, 15) is 32.9 Å². The molecule has 1 aromatic carbocycles. The Hall–Kier alpha value is -4.07. The molecule has 0 radical (unpaired) electrons. The monoisotopic (exact) mass is 604 g/mol. The molecule has 2 fully saturated rings. The Morgan fingerprint density at radius 2 is 2.00 bits per heavy atom. The molecular formula is C24H25FN8O8S. The highest BCUT2D eigenvalue weighted by atomic mass is 32.2. The van der Waals surface area contributed by atoms with E-state index in [0.717, 1.165) is 30.5 Å². The number of ether oxygens (including phenoxy) is 2. The van der Waals surface area contributed by atoms with Crippen molar-refractivity contribution in [1.82, 2.24) is 29.7 Å². The summed E-state index contributed by atoms with van der Waals surface area (Å²) in [6.07, 6.45) is -1.90. The molecule has 18 heteroatoms. The minimum absolute atomic E-state index is 0.0608. The van der Waals surface area contributed by atoms with Gasteiger partial charge < -0.3 is 30.1 Å². The van der Waals surface area contributed by atoms with Gasteiger partial charge in [-0.3, -0.25) is 14.5 Å². The highest BCUT2D eigenvalue weighted by Crippen LogP contribution is 2.35. The van der Waals surface area contributed by atoms with Crippen molar-refractivity contribution in [3.05, 3.63) is 42.6 Å². The van der Waals surface area contributed by atoms with Gasteiger partial charge in [-0.15, -0.1) is 0 Å². The zero-order valence-corrected chi connectivity index (χ0v) is 22.4. The lowest BCUT2D eigenvalue weighted by molar-refractivity contribution is -0.106. The molecule has 6 rings (SSSR count). The fraction of sp³-hybridized carbons (Fsp3) is 0.375. The molecule has 0 spiro atoms. The van der Waals surface area contributed by atoms with Crippen LogP contribution in [-0.4, -0.2) is 104 Å². The van der Waals surface area contributed by atoms with Gasteiger partial charge in [-0.1, -0.05) is 0 Å². The number of aliphatic hydroxyl groups excluding tert-OH is 3. The largest absolute Gasteiger partial charge is 0.394 e. The summed E-state index contributed by atoms with van der Waals surface area (Å²) in [7, 11) is -4.50. The van der Waals surface area contributed by atoms with E-state index < -0.39 is 47.0 Å². The van der Waals surface area contributed by atoms with Crippen molar-refractivity contribution >= 4 is 39.1 Å². The third-order valence-electron chi connectivity index (χ3n) is 7.03. The maximum absolute atomic E-state index is 13.5. The normalized spacial score (nSPS) is 24.3. The van der Waals surface area contributed by atoms with Crippen LogP contribution >= 0.6 is 0 Å². The second-order valence-electron chi connectivity index (χ2n) is 9.64. The number of sulfonamides is 1. The number of rotatable bonds is 9. The Morgan fingerprint density at radius 1 is 1.21 bits per heavy atom. The van der Waals surface area contributed by atoms with E-state index >= 15 is 0 Å². The van der Waals surface area contributed by atoms with Gasteiger partial charge in [-0.2, -0.15) is 5.10 Å². The number of fused-ring (bicyclic) bond motifs is 1. The lowest BCUT2D eigenvalue weighted by Gasteiger charge is -2.19. The Kier molecular flexibility index (Phi) is 7.33. The first-order valence-corrected chi connectivity index (χ1v) is 14.2. The smallest absolute Gasteiger partial charge is 0.270 e. The Balaban J connectivity index is 1.47. The van der Waals surface area contributed by atoms with Crippen LogP contribution < -0.4 is 9.62 Å². The Morgan fingerprint density at radius 3 is 2.67 bits per heavy atom. The second kappa shape index (κ2) is 11.0. The molecule has 3 aromatic heterocycles. The average molecular weight is 605 g/mol. The minimum Gasteiger partial charge on any atom is -0.394 e. The first kappa shape index (κ1) is 28.1. The molecule has 5 atom stereocenters. The molecule has 2 saturated heterocycles. The predicted molar refractivity (Wildman–Crippen MR) is 141 cm³/mol. The number of imidazole rings is 1. The quantitative estimate of drug-likeness (QED) is 0.153.